The minimum atomic E-state index is -0.508. The van der Waals surface area contributed by atoms with Gasteiger partial charge in [-0.25, -0.2) is 4.79 Å². The van der Waals surface area contributed by atoms with Crippen molar-refractivity contribution in [3.05, 3.63) is 35.4 Å². The Morgan fingerprint density at radius 3 is 2.61 bits per heavy atom. The lowest BCUT2D eigenvalue weighted by Crippen LogP contribution is -2.32. The first-order valence-electron chi connectivity index (χ1n) is 7.47. The summed E-state index contributed by atoms with van der Waals surface area (Å²) in [6, 6.07) is 5.69. The second kappa shape index (κ2) is 8.72. The first kappa shape index (κ1) is 19.2. The van der Waals surface area contributed by atoms with Crippen LogP contribution in [-0.2, 0) is 11.3 Å². The molecule has 0 atom stereocenters. The van der Waals surface area contributed by atoms with Gasteiger partial charge < -0.3 is 20.1 Å². The van der Waals surface area contributed by atoms with E-state index >= 15 is 0 Å². The SMILES string of the molecule is C=C(Nc1cc(CNC(=O)OC(C)(C)C)ccc1OC)SCC. The van der Waals surface area contributed by atoms with Gasteiger partial charge in [0.05, 0.1) is 17.8 Å². The molecule has 0 aliphatic heterocycles. The average molecular weight is 338 g/mol. The monoisotopic (exact) mass is 338 g/mol. The molecule has 0 bridgehead atoms. The summed E-state index contributed by atoms with van der Waals surface area (Å²) in [6.07, 6.45) is -0.436. The van der Waals surface area contributed by atoms with Crippen molar-refractivity contribution in [1.82, 2.24) is 5.32 Å². The number of amides is 1. The molecule has 0 saturated heterocycles. The van der Waals surface area contributed by atoms with Crippen molar-refractivity contribution in [2.24, 2.45) is 0 Å². The summed E-state index contributed by atoms with van der Waals surface area (Å²) in [5, 5.41) is 6.82. The average Bonchev–Trinajstić information content (AvgIpc) is 2.44. The maximum atomic E-state index is 11.7. The largest absolute Gasteiger partial charge is 0.495 e. The summed E-state index contributed by atoms with van der Waals surface area (Å²) >= 11 is 1.62. The Bertz CT molecular complexity index is 553. The number of anilines is 1. The normalized spacial score (nSPS) is 10.8. The van der Waals surface area contributed by atoms with Crippen molar-refractivity contribution < 1.29 is 14.3 Å². The molecule has 23 heavy (non-hydrogen) atoms. The van der Waals surface area contributed by atoms with Crippen LogP contribution in [0.3, 0.4) is 0 Å². The lowest BCUT2D eigenvalue weighted by molar-refractivity contribution is 0.0523. The predicted octanol–water partition coefficient (Wildman–Crippen LogP) is 4.36. The number of rotatable bonds is 7. The fourth-order valence-corrected chi connectivity index (χ4v) is 2.34. The smallest absolute Gasteiger partial charge is 0.407 e. The molecular formula is C17H26N2O3S. The number of hydrogen-bond acceptors (Lipinski definition) is 5. The Hall–Kier alpha value is -1.82. The van der Waals surface area contributed by atoms with Gasteiger partial charge in [-0.1, -0.05) is 19.6 Å². The molecule has 1 aromatic rings. The number of carbonyl (C=O) groups is 1. The second-order valence-corrected chi connectivity index (χ2v) is 7.23. The highest BCUT2D eigenvalue weighted by Gasteiger charge is 2.16. The highest BCUT2D eigenvalue weighted by molar-refractivity contribution is 8.03. The van der Waals surface area contributed by atoms with E-state index in [1.807, 2.05) is 39.0 Å². The van der Waals surface area contributed by atoms with Gasteiger partial charge in [0.25, 0.3) is 0 Å². The zero-order chi connectivity index (χ0) is 17.5. The van der Waals surface area contributed by atoms with Gasteiger partial charge in [-0.3, -0.25) is 0 Å². The Morgan fingerprint density at radius 1 is 1.35 bits per heavy atom. The molecule has 0 fully saturated rings. The molecule has 1 aromatic carbocycles. The molecular weight excluding hydrogens is 312 g/mol. The molecule has 0 unspecified atom stereocenters. The molecule has 0 aliphatic carbocycles. The number of benzene rings is 1. The van der Waals surface area contributed by atoms with E-state index in [0.717, 1.165) is 27.8 Å². The molecule has 2 N–H and O–H groups in total. The molecule has 128 valence electrons. The predicted molar refractivity (Wildman–Crippen MR) is 97.0 cm³/mol. The molecule has 0 spiro atoms. The number of alkyl carbamates (subject to hydrolysis) is 1. The minimum Gasteiger partial charge on any atom is -0.495 e. The number of hydrogen-bond donors (Lipinski definition) is 2. The second-order valence-electron chi connectivity index (χ2n) is 5.87. The lowest BCUT2D eigenvalue weighted by Gasteiger charge is -2.20. The quantitative estimate of drug-likeness (QED) is 0.774. The van der Waals surface area contributed by atoms with E-state index in [-0.39, 0.29) is 0 Å². The van der Waals surface area contributed by atoms with Gasteiger partial charge in [-0.05, 0) is 44.2 Å². The van der Waals surface area contributed by atoms with Crippen LogP contribution >= 0.6 is 11.8 Å². The van der Waals surface area contributed by atoms with Crippen LogP contribution in [0.4, 0.5) is 10.5 Å². The molecule has 6 heteroatoms. The first-order valence-corrected chi connectivity index (χ1v) is 8.46. The van der Waals surface area contributed by atoms with Crippen molar-refractivity contribution in [1.29, 1.82) is 0 Å². The fourth-order valence-electron chi connectivity index (χ4n) is 1.81. The maximum absolute atomic E-state index is 11.7. The number of methoxy groups -OCH3 is 1. The van der Waals surface area contributed by atoms with E-state index in [1.54, 1.807) is 18.9 Å². The highest BCUT2D eigenvalue weighted by atomic mass is 32.2. The summed E-state index contributed by atoms with van der Waals surface area (Å²) in [5.74, 6) is 1.66. The van der Waals surface area contributed by atoms with Crippen LogP contribution in [0.5, 0.6) is 5.75 Å². The number of thioether (sulfide) groups is 1. The summed E-state index contributed by atoms with van der Waals surface area (Å²) < 4.78 is 10.6. The zero-order valence-corrected chi connectivity index (χ0v) is 15.3. The lowest BCUT2D eigenvalue weighted by atomic mass is 10.2. The molecule has 0 aliphatic rings. The standard InChI is InChI=1S/C17H26N2O3S/c1-7-23-12(2)19-14-10-13(8-9-15(14)21-6)11-18-16(20)22-17(3,4)5/h8-10,19H,2,7,11H2,1,3-6H3,(H,18,20). The summed E-state index contributed by atoms with van der Waals surface area (Å²) in [5.41, 5.74) is 1.25. The third-order valence-corrected chi connectivity index (χ3v) is 3.43. The zero-order valence-electron chi connectivity index (χ0n) is 14.5. The molecule has 1 rings (SSSR count). The van der Waals surface area contributed by atoms with Crippen molar-refractivity contribution >= 4 is 23.5 Å². The van der Waals surface area contributed by atoms with Gasteiger partial charge in [-0.15, -0.1) is 11.8 Å². The minimum absolute atomic E-state index is 0.376. The van der Waals surface area contributed by atoms with Gasteiger partial charge in [0.1, 0.15) is 11.4 Å². The van der Waals surface area contributed by atoms with E-state index in [9.17, 15) is 4.79 Å². The van der Waals surface area contributed by atoms with E-state index in [2.05, 4.69) is 24.1 Å². The summed E-state index contributed by atoms with van der Waals surface area (Å²) in [6.45, 7) is 11.9. The number of ether oxygens (including phenoxy) is 2. The third-order valence-electron chi connectivity index (χ3n) is 2.69. The van der Waals surface area contributed by atoms with Crippen LogP contribution in [0, 0.1) is 0 Å². The van der Waals surface area contributed by atoms with Crippen LogP contribution in [0.25, 0.3) is 0 Å². The Labute approximate surface area is 142 Å². The van der Waals surface area contributed by atoms with Gasteiger partial charge in [0, 0.05) is 6.54 Å². The Morgan fingerprint density at radius 2 is 2.04 bits per heavy atom. The van der Waals surface area contributed by atoms with Crippen LogP contribution in [0.2, 0.25) is 0 Å². The van der Waals surface area contributed by atoms with Gasteiger partial charge in [-0.2, -0.15) is 0 Å². The summed E-state index contributed by atoms with van der Waals surface area (Å²) in [7, 11) is 1.62. The van der Waals surface area contributed by atoms with Gasteiger partial charge >= 0.3 is 6.09 Å². The third kappa shape index (κ3) is 7.32. The molecule has 1 amide bonds. The molecule has 0 saturated carbocycles. The fraction of sp³-hybridized carbons (Fsp3) is 0.471. The van der Waals surface area contributed by atoms with Crippen LogP contribution in [-0.4, -0.2) is 24.6 Å². The van der Waals surface area contributed by atoms with Crippen LogP contribution < -0.4 is 15.4 Å². The van der Waals surface area contributed by atoms with E-state index < -0.39 is 11.7 Å². The highest BCUT2D eigenvalue weighted by Crippen LogP contribution is 2.28. The van der Waals surface area contributed by atoms with Crippen LogP contribution in [0.1, 0.15) is 33.3 Å². The van der Waals surface area contributed by atoms with E-state index in [0.29, 0.717) is 6.54 Å². The van der Waals surface area contributed by atoms with Crippen molar-refractivity contribution in [3.63, 3.8) is 0 Å². The van der Waals surface area contributed by atoms with E-state index in [1.165, 1.54) is 0 Å². The molecule has 0 heterocycles. The Balaban J connectivity index is 2.73. The molecule has 0 radical (unpaired) electrons. The first-order chi connectivity index (χ1) is 10.7. The molecule has 0 aromatic heterocycles. The van der Waals surface area contributed by atoms with Crippen molar-refractivity contribution in [2.75, 3.05) is 18.2 Å². The van der Waals surface area contributed by atoms with Crippen molar-refractivity contribution in [3.8, 4) is 5.75 Å². The number of carbonyl (C=O) groups excluding carboxylic acids is 1. The maximum Gasteiger partial charge on any atom is 0.407 e. The van der Waals surface area contributed by atoms with Gasteiger partial charge in [0.15, 0.2) is 0 Å². The molecule has 5 nitrogen and oxygen atoms in total. The summed E-state index contributed by atoms with van der Waals surface area (Å²) in [4.78, 5) is 11.7. The van der Waals surface area contributed by atoms with Gasteiger partial charge in [0.2, 0.25) is 0 Å². The Kier molecular flexibility index (Phi) is 7.29. The number of nitrogens with one attached hydrogen (secondary N) is 2. The van der Waals surface area contributed by atoms with Crippen LogP contribution in [0.15, 0.2) is 29.8 Å². The topological polar surface area (TPSA) is 59.6 Å². The van der Waals surface area contributed by atoms with Crippen molar-refractivity contribution in [2.45, 2.75) is 39.8 Å². The van der Waals surface area contributed by atoms with E-state index in [4.69, 9.17) is 9.47 Å².